The summed E-state index contributed by atoms with van der Waals surface area (Å²) in [5.41, 5.74) is 0.547. The lowest BCUT2D eigenvalue weighted by atomic mass is 10.1. The van der Waals surface area contributed by atoms with E-state index in [2.05, 4.69) is 4.99 Å². The lowest BCUT2D eigenvalue weighted by Gasteiger charge is -2.03. The third-order valence-electron chi connectivity index (χ3n) is 3.47. The number of ketones is 1. The summed E-state index contributed by atoms with van der Waals surface area (Å²) in [4.78, 5) is 38.8. The number of Topliss-reactive ketones (excluding diaryl/α,β-unsaturated/α-hetero) is 1. The van der Waals surface area contributed by atoms with Crippen LogP contribution in [-0.4, -0.2) is 34.6 Å². The molecule has 0 bridgehead atoms. The molecule has 1 N–H and O–H groups in total. The van der Waals surface area contributed by atoms with Crippen molar-refractivity contribution < 1.29 is 24.4 Å². The molecule has 1 aromatic carbocycles. The Balaban J connectivity index is 2.52. The predicted molar refractivity (Wildman–Crippen MR) is 97.0 cm³/mol. The van der Waals surface area contributed by atoms with Crippen molar-refractivity contribution in [1.82, 2.24) is 0 Å². The van der Waals surface area contributed by atoms with Crippen molar-refractivity contribution in [3.8, 4) is 5.75 Å². The average molecular weight is 376 g/mol. The van der Waals surface area contributed by atoms with Gasteiger partial charge in [-0.1, -0.05) is 0 Å². The number of hydrogen-bond acceptors (Lipinski definition) is 8. The Kier molecular flexibility index (Phi) is 5.83. The van der Waals surface area contributed by atoms with Crippen LogP contribution in [0.3, 0.4) is 0 Å². The number of nitrogens with zero attached hydrogens (tertiary/aromatic N) is 2. The SMILES string of the molecule is CCOC(=O)c1c(N=Cc2cc([N+](=O)[O-])ccc2O)sc(C(C)=O)c1C. The summed E-state index contributed by atoms with van der Waals surface area (Å²) >= 11 is 1.02. The van der Waals surface area contributed by atoms with Crippen LogP contribution in [0.1, 0.15) is 45.0 Å². The van der Waals surface area contributed by atoms with E-state index in [0.717, 1.165) is 17.4 Å². The Labute approximate surface area is 152 Å². The number of carbonyl (C=O) groups excluding carboxylic acids is 2. The highest BCUT2D eigenvalue weighted by molar-refractivity contribution is 7.18. The highest BCUT2D eigenvalue weighted by Gasteiger charge is 2.23. The van der Waals surface area contributed by atoms with Crippen LogP contribution < -0.4 is 0 Å². The topological polar surface area (TPSA) is 119 Å². The first-order valence-electron chi connectivity index (χ1n) is 7.59. The zero-order valence-corrected chi connectivity index (χ0v) is 15.1. The van der Waals surface area contributed by atoms with E-state index >= 15 is 0 Å². The Morgan fingerprint density at radius 2 is 2.12 bits per heavy atom. The number of non-ortho nitro benzene ring substituents is 1. The van der Waals surface area contributed by atoms with Crippen LogP contribution in [-0.2, 0) is 4.74 Å². The van der Waals surface area contributed by atoms with Crippen molar-refractivity contribution in [2.24, 2.45) is 4.99 Å². The molecule has 0 aliphatic rings. The van der Waals surface area contributed by atoms with Gasteiger partial charge in [-0.15, -0.1) is 11.3 Å². The molecule has 0 fully saturated rings. The lowest BCUT2D eigenvalue weighted by molar-refractivity contribution is -0.384. The van der Waals surface area contributed by atoms with Gasteiger partial charge in [0.1, 0.15) is 10.8 Å². The zero-order valence-electron chi connectivity index (χ0n) is 14.3. The third kappa shape index (κ3) is 3.94. The minimum Gasteiger partial charge on any atom is -0.507 e. The summed E-state index contributed by atoms with van der Waals surface area (Å²) < 4.78 is 5.01. The van der Waals surface area contributed by atoms with Crippen molar-refractivity contribution in [1.29, 1.82) is 0 Å². The predicted octanol–water partition coefficient (Wildman–Crippen LogP) is 3.80. The molecule has 1 aromatic heterocycles. The monoisotopic (exact) mass is 376 g/mol. The molecule has 0 amide bonds. The summed E-state index contributed by atoms with van der Waals surface area (Å²) in [6.07, 6.45) is 1.21. The molecule has 0 saturated carbocycles. The second-order valence-electron chi connectivity index (χ2n) is 5.27. The van der Waals surface area contributed by atoms with Crippen LogP contribution in [0.15, 0.2) is 23.2 Å². The number of phenolic OH excluding ortho intramolecular Hbond substituents is 1. The van der Waals surface area contributed by atoms with Crippen LogP contribution in [0.4, 0.5) is 10.7 Å². The Bertz CT molecular complexity index is 916. The number of thiophene rings is 1. The number of rotatable bonds is 6. The van der Waals surface area contributed by atoms with Gasteiger partial charge >= 0.3 is 5.97 Å². The van der Waals surface area contributed by atoms with Crippen LogP contribution in [0.25, 0.3) is 0 Å². The fraction of sp³-hybridized carbons (Fsp3) is 0.235. The Hall–Kier alpha value is -3.07. The maximum Gasteiger partial charge on any atom is 0.341 e. The van der Waals surface area contributed by atoms with E-state index in [0.29, 0.717) is 10.4 Å². The number of benzene rings is 1. The van der Waals surface area contributed by atoms with Gasteiger partial charge in [0.05, 0.1) is 22.0 Å². The third-order valence-corrected chi connectivity index (χ3v) is 4.77. The first-order valence-corrected chi connectivity index (χ1v) is 8.40. The molecule has 0 saturated heterocycles. The van der Waals surface area contributed by atoms with Crippen molar-refractivity contribution >= 4 is 40.0 Å². The maximum atomic E-state index is 12.2. The number of ether oxygens (including phenoxy) is 1. The molecule has 2 rings (SSSR count). The molecule has 136 valence electrons. The molecule has 0 aliphatic heterocycles. The van der Waals surface area contributed by atoms with Gasteiger partial charge < -0.3 is 9.84 Å². The summed E-state index contributed by atoms with van der Waals surface area (Å²) in [7, 11) is 0. The number of hydrogen-bond donors (Lipinski definition) is 1. The number of carbonyl (C=O) groups is 2. The molecule has 0 spiro atoms. The van der Waals surface area contributed by atoms with Crippen LogP contribution in [0.5, 0.6) is 5.75 Å². The molecule has 26 heavy (non-hydrogen) atoms. The van der Waals surface area contributed by atoms with Crippen molar-refractivity contribution in [2.75, 3.05) is 6.61 Å². The molecule has 1 heterocycles. The molecule has 0 unspecified atom stereocenters. The number of nitro groups is 1. The van der Waals surface area contributed by atoms with E-state index in [4.69, 9.17) is 4.74 Å². The van der Waals surface area contributed by atoms with Crippen LogP contribution in [0.2, 0.25) is 0 Å². The standard InChI is InChI=1S/C17H16N2O6S/c1-4-25-17(22)14-9(2)15(10(3)20)26-16(14)18-8-11-7-12(19(23)24)5-6-13(11)21/h5-8,21H,4H2,1-3H3. The highest BCUT2D eigenvalue weighted by Crippen LogP contribution is 2.36. The van der Waals surface area contributed by atoms with E-state index in [-0.39, 0.29) is 40.0 Å². The molecule has 0 aliphatic carbocycles. The number of aromatic hydroxyl groups is 1. The van der Waals surface area contributed by atoms with Gasteiger partial charge in [0.2, 0.25) is 0 Å². The highest BCUT2D eigenvalue weighted by atomic mass is 32.1. The van der Waals surface area contributed by atoms with E-state index in [9.17, 15) is 24.8 Å². The smallest absolute Gasteiger partial charge is 0.341 e. The van der Waals surface area contributed by atoms with Crippen molar-refractivity contribution in [3.63, 3.8) is 0 Å². The van der Waals surface area contributed by atoms with E-state index < -0.39 is 10.9 Å². The first-order chi connectivity index (χ1) is 12.3. The van der Waals surface area contributed by atoms with Gasteiger partial charge in [-0.2, -0.15) is 0 Å². The zero-order chi connectivity index (χ0) is 19.4. The minimum absolute atomic E-state index is 0.115. The van der Waals surface area contributed by atoms with Gasteiger partial charge in [-0.05, 0) is 32.4 Å². The van der Waals surface area contributed by atoms with E-state index in [1.54, 1.807) is 13.8 Å². The van der Waals surface area contributed by atoms with Gasteiger partial charge in [0, 0.05) is 23.9 Å². The summed E-state index contributed by atoms with van der Waals surface area (Å²) in [6.45, 7) is 4.84. The van der Waals surface area contributed by atoms with Gasteiger partial charge in [0.25, 0.3) is 5.69 Å². The number of nitro benzene ring substituents is 1. The van der Waals surface area contributed by atoms with Gasteiger partial charge in [0.15, 0.2) is 5.78 Å². The van der Waals surface area contributed by atoms with Crippen LogP contribution >= 0.6 is 11.3 Å². The van der Waals surface area contributed by atoms with Crippen molar-refractivity contribution in [2.45, 2.75) is 20.8 Å². The molecule has 0 atom stereocenters. The second-order valence-corrected chi connectivity index (χ2v) is 6.27. The molecular formula is C17H16N2O6S. The summed E-state index contributed by atoms with van der Waals surface area (Å²) in [6, 6.07) is 3.52. The molecule has 0 radical (unpaired) electrons. The van der Waals surface area contributed by atoms with Gasteiger partial charge in [-0.25, -0.2) is 9.79 Å². The molecule has 2 aromatic rings. The van der Waals surface area contributed by atoms with Gasteiger partial charge in [-0.3, -0.25) is 14.9 Å². The quantitative estimate of drug-likeness (QED) is 0.269. The normalized spacial score (nSPS) is 10.9. The van der Waals surface area contributed by atoms with Crippen molar-refractivity contribution in [3.05, 3.63) is 49.9 Å². The van der Waals surface area contributed by atoms with E-state index in [1.165, 1.54) is 25.3 Å². The fourth-order valence-corrected chi connectivity index (χ4v) is 3.29. The summed E-state index contributed by atoms with van der Waals surface area (Å²) in [5.74, 6) is -1.01. The average Bonchev–Trinajstić information content (AvgIpc) is 2.90. The van der Waals surface area contributed by atoms with Crippen LogP contribution in [0, 0.1) is 17.0 Å². The fourth-order valence-electron chi connectivity index (χ4n) is 2.26. The number of aliphatic imine (C=N–C) groups is 1. The Morgan fingerprint density at radius 1 is 1.42 bits per heavy atom. The maximum absolute atomic E-state index is 12.2. The first kappa shape index (κ1) is 19.3. The van der Waals surface area contributed by atoms with E-state index in [1.807, 2.05) is 0 Å². The molecule has 8 nitrogen and oxygen atoms in total. The largest absolute Gasteiger partial charge is 0.507 e. The second kappa shape index (κ2) is 7.87. The number of esters is 1. The summed E-state index contributed by atoms with van der Waals surface area (Å²) in [5, 5.41) is 20.9. The minimum atomic E-state index is -0.607. The lowest BCUT2D eigenvalue weighted by Crippen LogP contribution is -2.06. The molecule has 9 heteroatoms. The number of phenols is 1. The Morgan fingerprint density at radius 3 is 2.69 bits per heavy atom. The molecular weight excluding hydrogens is 360 g/mol.